The predicted octanol–water partition coefficient (Wildman–Crippen LogP) is 0.736. The Balaban J connectivity index is 2.20. The molecule has 0 aromatic carbocycles. The van der Waals surface area contributed by atoms with Gasteiger partial charge in [-0.2, -0.15) is 4.72 Å². The maximum absolute atomic E-state index is 12.8. The van der Waals surface area contributed by atoms with Crippen LogP contribution in [0.5, 0.6) is 0 Å². The Labute approximate surface area is 142 Å². The SMILES string of the molecule is Cc1noc(C)c1S(=O)(=O)NC1(C(=O)NCCC(C)N)CCCC1. The summed E-state index contributed by atoms with van der Waals surface area (Å²) >= 11 is 0. The molecule has 1 saturated carbocycles. The molecular formula is C15H26N4O4S. The van der Waals surface area contributed by atoms with Gasteiger partial charge in [-0.1, -0.05) is 18.0 Å². The topological polar surface area (TPSA) is 127 Å². The Morgan fingerprint density at radius 3 is 2.50 bits per heavy atom. The molecule has 0 spiro atoms. The van der Waals surface area contributed by atoms with Crippen molar-refractivity contribution in [3.05, 3.63) is 11.5 Å². The van der Waals surface area contributed by atoms with Gasteiger partial charge >= 0.3 is 0 Å². The molecule has 136 valence electrons. The Hall–Kier alpha value is -1.45. The van der Waals surface area contributed by atoms with Crippen LogP contribution in [0.25, 0.3) is 0 Å². The van der Waals surface area contributed by atoms with Crippen LogP contribution in [-0.4, -0.2) is 37.6 Å². The van der Waals surface area contributed by atoms with Gasteiger partial charge < -0.3 is 15.6 Å². The zero-order valence-corrected chi connectivity index (χ0v) is 15.2. The van der Waals surface area contributed by atoms with Crippen LogP contribution in [0.2, 0.25) is 0 Å². The predicted molar refractivity (Wildman–Crippen MR) is 88.8 cm³/mol. The minimum Gasteiger partial charge on any atom is -0.360 e. The van der Waals surface area contributed by atoms with Gasteiger partial charge in [0.05, 0.1) is 0 Å². The van der Waals surface area contributed by atoms with Crippen molar-refractivity contribution in [2.24, 2.45) is 5.73 Å². The number of carbonyl (C=O) groups is 1. The number of amides is 1. The van der Waals surface area contributed by atoms with Crippen molar-refractivity contribution in [1.29, 1.82) is 0 Å². The first kappa shape index (κ1) is 18.9. The summed E-state index contributed by atoms with van der Waals surface area (Å²) in [5.41, 5.74) is 4.85. The molecule has 1 atom stereocenters. The molecule has 1 aromatic rings. The van der Waals surface area contributed by atoms with E-state index in [1.165, 1.54) is 0 Å². The normalized spacial score (nSPS) is 18.5. The maximum atomic E-state index is 12.8. The van der Waals surface area contributed by atoms with Gasteiger partial charge in [0.1, 0.15) is 16.1 Å². The molecule has 4 N–H and O–H groups in total. The van der Waals surface area contributed by atoms with Crippen LogP contribution >= 0.6 is 0 Å². The maximum Gasteiger partial charge on any atom is 0.246 e. The summed E-state index contributed by atoms with van der Waals surface area (Å²) in [7, 11) is -3.90. The molecule has 0 radical (unpaired) electrons. The van der Waals surface area contributed by atoms with Gasteiger partial charge in [-0.05, 0) is 40.0 Å². The third-order valence-corrected chi connectivity index (χ3v) is 6.12. The zero-order valence-electron chi connectivity index (χ0n) is 14.4. The minimum absolute atomic E-state index is 0.0113. The lowest BCUT2D eigenvalue weighted by Gasteiger charge is -2.28. The lowest BCUT2D eigenvalue weighted by molar-refractivity contribution is -0.126. The van der Waals surface area contributed by atoms with E-state index >= 15 is 0 Å². The molecular weight excluding hydrogens is 332 g/mol. The molecule has 1 aliphatic rings. The van der Waals surface area contributed by atoms with Crippen LogP contribution < -0.4 is 15.8 Å². The van der Waals surface area contributed by atoms with Crippen molar-refractivity contribution >= 4 is 15.9 Å². The Bertz CT molecular complexity index is 671. The summed E-state index contributed by atoms with van der Waals surface area (Å²) in [6.45, 7) is 5.39. The second-order valence-corrected chi connectivity index (χ2v) is 8.19. The number of aryl methyl sites for hydroxylation is 2. The highest BCUT2D eigenvalue weighted by Crippen LogP contribution is 2.32. The van der Waals surface area contributed by atoms with Crippen molar-refractivity contribution < 1.29 is 17.7 Å². The summed E-state index contributed by atoms with van der Waals surface area (Å²) < 4.78 is 33.1. The number of hydrogen-bond donors (Lipinski definition) is 3. The van der Waals surface area contributed by atoms with E-state index in [4.69, 9.17) is 10.3 Å². The standard InChI is InChI=1S/C15H26N4O4S/c1-10(16)6-9-17-14(20)15(7-4-5-8-15)19-24(21,22)13-11(2)18-23-12(13)3/h10,19H,4-9,16H2,1-3H3,(H,17,20). The van der Waals surface area contributed by atoms with Crippen molar-refractivity contribution in [2.75, 3.05) is 6.54 Å². The summed E-state index contributed by atoms with van der Waals surface area (Å²) in [5.74, 6) is -0.0819. The number of carbonyl (C=O) groups excluding carboxylic acids is 1. The fourth-order valence-corrected chi connectivity index (χ4v) is 4.86. The van der Waals surface area contributed by atoms with Crippen LogP contribution in [-0.2, 0) is 14.8 Å². The van der Waals surface area contributed by atoms with Crippen LogP contribution in [0.3, 0.4) is 0 Å². The van der Waals surface area contributed by atoms with Gasteiger partial charge in [-0.25, -0.2) is 8.42 Å². The molecule has 1 heterocycles. The van der Waals surface area contributed by atoms with E-state index in [1.54, 1.807) is 13.8 Å². The number of aromatic nitrogens is 1. The molecule has 1 aliphatic carbocycles. The highest BCUT2D eigenvalue weighted by Gasteiger charge is 2.45. The molecule has 0 saturated heterocycles. The third-order valence-electron chi connectivity index (χ3n) is 4.34. The molecule has 8 nitrogen and oxygen atoms in total. The summed E-state index contributed by atoms with van der Waals surface area (Å²) in [5, 5.41) is 6.49. The van der Waals surface area contributed by atoms with Gasteiger partial charge in [-0.15, -0.1) is 0 Å². The van der Waals surface area contributed by atoms with E-state index in [2.05, 4.69) is 15.2 Å². The zero-order chi connectivity index (χ0) is 18.0. The largest absolute Gasteiger partial charge is 0.360 e. The molecule has 1 aromatic heterocycles. The average molecular weight is 358 g/mol. The van der Waals surface area contributed by atoms with E-state index in [0.717, 1.165) is 12.8 Å². The van der Waals surface area contributed by atoms with Crippen LogP contribution in [0.1, 0.15) is 50.5 Å². The van der Waals surface area contributed by atoms with E-state index in [0.29, 0.717) is 25.8 Å². The van der Waals surface area contributed by atoms with E-state index in [-0.39, 0.29) is 28.3 Å². The van der Waals surface area contributed by atoms with Gasteiger partial charge in [0.15, 0.2) is 5.76 Å². The van der Waals surface area contributed by atoms with Crippen LogP contribution in [0.4, 0.5) is 0 Å². The molecule has 1 unspecified atom stereocenters. The second kappa shape index (κ2) is 7.20. The number of hydrogen-bond acceptors (Lipinski definition) is 6. The van der Waals surface area contributed by atoms with Crippen molar-refractivity contribution in [3.63, 3.8) is 0 Å². The molecule has 0 bridgehead atoms. The summed E-state index contributed by atoms with van der Waals surface area (Å²) in [4.78, 5) is 12.7. The quantitative estimate of drug-likeness (QED) is 0.659. The van der Waals surface area contributed by atoms with Crippen LogP contribution in [0.15, 0.2) is 9.42 Å². The molecule has 9 heteroatoms. The summed E-state index contributed by atoms with van der Waals surface area (Å²) in [6.07, 6.45) is 3.17. The number of nitrogens with one attached hydrogen (secondary N) is 2. The minimum atomic E-state index is -3.90. The Morgan fingerprint density at radius 2 is 2.00 bits per heavy atom. The van der Waals surface area contributed by atoms with Gasteiger partial charge in [0.25, 0.3) is 0 Å². The molecule has 2 rings (SSSR count). The third kappa shape index (κ3) is 3.96. The van der Waals surface area contributed by atoms with E-state index < -0.39 is 15.6 Å². The van der Waals surface area contributed by atoms with Crippen molar-refractivity contribution in [1.82, 2.24) is 15.2 Å². The first-order valence-corrected chi connectivity index (χ1v) is 9.67. The first-order valence-electron chi connectivity index (χ1n) is 8.19. The summed E-state index contributed by atoms with van der Waals surface area (Å²) in [6, 6.07) is -0.0242. The van der Waals surface area contributed by atoms with Crippen molar-refractivity contribution in [3.8, 4) is 0 Å². The number of sulfonamides is 1. The van der Waals surface area contributed by atoms with Gasteiger partial charge in [0, 0.05) is 12.6 Å². The number of nitrogens with two attached hydrogens (primary N) is 1. The first-order chi connectivity index (χ1) is 11.2. The highest BCUT2D eigenvalue weighted by molar-refractivity contribution is 7.89. The van der Waals surface area contributed by atoms with Crippen LogP contribution in [0, 0.1) is 13.8 Å². The average Bonchev–Trinajstić information content (AvgIpc) is 3.06. The van der Waals surface area contributed by atoms with E-state index in [1.807, 2.05) is 6.92 Å². The highest BCUT2D eigenvalue weighted by atomic mass is 32.2. The Morgan fingerprint density at radius 1 is 1.38 bits per heavy atom. The second-order valence-electron chi connectivity index (χ2n) is 6.57. The van der Waals surface area contributed by atoms with Gasteiger partial charge in [-0.3, -0.25) is 4.79 Å². The van der Waals surface area contributed by atoms with Gasteiger partial charge in [0.2, 0.25) is 15.9 Å². The fraction of sp³-hybridized carbons (Fsp3) is 0.733. The smallest absolute Gasteiger partial charge is 0.246 e. The lowest BCUT2D eigenvalue weighted by Crippen LogP contribution is -2.57. The molecule has 0 aliphatic heterocycles. The Kier molecular flexibility index (Phi) is 5.67. The molecule has 24 heavy (non-hydrogen) atoms. The van der Waals surface area contributed by atoms with E-state index in [9.17, 15) is 13.2 Å². The van der Waals surface area contributed by atoms with Crippen molar-refractivity contribution in [2.45, 2.75) is 69.4 Å². The molecule has 1 fully saturated rings. The lowest BCUT2D eigenvalue weighted by atomic mass is 9.98. The fourth-order valence-electron chi connectivity index (χ4n) is 3.10. The molecule has 1 amide bonds. The number of nitrogens with zero attached hydrogens (tertiary/aromatic N) is 1. The number of rotatable bonds is 7. The monoisotopic (exact) mass is 358 g/mol.